The van der Waals surface area contributed by atoms with Crippen molar-refractivity contribution in [2.45, 2.75) is 38.1 Å². The highest BCUT2D eigenvalue weighted by atomic mass is 16.6. The molecule has 0 bridgehead atoms. The summed E-state index contributed by atoms with van der Waals surface area (Å²) in [5.74, 6) is -0.132. The van der Waals surface area contributed by atoms with Gasteiger partial charge in [-0.3, -0.25) is 14.5 Å². The van der Waals surface area contributed by atoms with Crippen LogP contribution in [-0.4, -0.2) is 60.5 Å². The maximum atomic E-state index is 12.7. The van der Waals surface area contributed by atoms with Crippen molar-refractivity contribution in [1.29, 1.82) is 0 Å². The van der Waals surface area contributed by atoms with Gasteiger partial charge in [0, 0.05) is 26.1 Å². The van der Waals surface area contributed by atoms with Crippen molar-refractivity contribution < 1.29 is 19.1 Å². The Morgan fingerprint density at radius 2 is 1.83 bits per heavy atom. The van der Waals surface area contributed by atoms with Gasteiger partial charge in [0.15, 0.2) is 0 Å². The van der Waals surface area contributed by atoms with Crippen LogP contribution in [0.15, 0.2) is 42.5 Å². The number of nitrogens with one attached hydrogen (secondary N) is 1. The van der Waals surface area contributed by atoms with Crippen LogP contribution >= 0.6 is 0 Å². The molecule has 29 heavy (non-hydrogen) atoms. The third-order valence-corrected chi connectivity index (χ3v) is 5.23. The van der Waals surface area contributed by atoms with E-state index < -0.39 is 12.1 Å². The lowest BCUT2D eigenvalue weighted by atomic mass is 10.1. The fourth-order valence-electron chi connectivity index (χ4n) is 3.56. The Hall–Kier alpha value is -2.83. The molecule has 7 nitrogen and oxygen atoms in total. The number of ether oxygens (including phenoxy) is 1. The zero-order valence-electron chi connectivity index (χ0n) is 16.7. The number of piperidine rings is 1. The zero-order valence-corrected chi connectivity index (χ0v) is 16.7. The number of allylic oxidation sites excluding steroid dienone is 1. The fourth-order valence-corrected chi connectivity index (χ4v) is 3.56. The molecule has 0 aromatic heterocycles. The molecular formula is C22H29N3O4. The van der Waals surface area contributed by atoms with Crippen molar-refractivity contribution in [1.82, 2.24) is 15.1 Å². The highest BCUT2D eigenvalue weighted by Gasteiger charge is 2.24. The van der Waals surface area contributed by atoms with Crippen molar-refractivity contribution in [2.24, 2.45) is 0 Å². The Morgan fingerprint density at radius 3 is 2.59 bits per heavy atom. The molecule has 2 aliphatic rings. The molecule has 1 saturated heterocycles. The summed E-state index contributed by atoms with van der Waals surface area (Å²) in [6, 6.07) is 9.02. The van der Waals surface area contributed by atoms with Crippen LogP contribution in [0.25, 0.3) is 0 Å². The standard InChI is InChI=1S/C22H29N3O4/c26-20-12-6-2-7-15-25(16-21(27)24-13-8-3-9-14-24)22(28)29-17-19(23-20)18-10-4-1-5-11-18/h1-2,4-5,7,10-11,19H,3,6,8-9,12-17H2,(H,23,26). The number of likely N-dealkylation sites (tertiary alicyclic amines) is 1. The summed E-state index contributed by atoms with van der Waals surface area (Å²) in [7, 11) is 0. The van der Waals surface area contributed by atoms with E-state index in [4.69, 9.17) is 4.74 Å². The molecule has 2 heterocycles. The van der Waals surface area contributed by atoms with Gasteiger partial charge in [-0.2, -0.15) is 0 Å². The van der Waals surface area contributed by atoms with Crippen molar-refractivity contribution in [2.75, 3.05) is 32.8 Å². The Bertz CT molecular complexity index is 729. The predicted molar refractivity (Wildman–Crippen MR) is 109 cm³/mol. The van der Waals surface area contributed by atoms with Gasteiger partial charge in [-0.25, -0.2) is 4.79 Å². The molecule has 0 aliphatic carbocycles. The van der Waals surface area contributed by atoms with Crippen LogP contribution < -0.4 is 5.32 Å². The molecule has 0 radical (unpaired) electrons. The molecule has 156 valence electrons. The van der Waals surface area contributed by atoms with Crippen LogP contribution in [0.3, 0.4) is 0 Å². The van der Waals surface area contributed by atoms with Gasteiger partial charge < -0.3 is 15.0 Å². The summed E-state index contributed by atoms with van der Waals surface area (Å²) in [5, 5.41) is 2.94. The van der Waals surface area contributed by atoms with Crippen LogP contribution in [-0.2, 0) is 14.3 Å². The molecule has 1 unspecified atom stereocenters. The third-order valence-electron chi connectivity index (χ3n) is 5.23. The Balaban J connectivity index is 1.68. The molecule has 3 amide bonds. The van der Waals surface area contributed by atoms with Crippen LogP contribution in [0.1, 0.15) is 43.7 Å². The first kappa shape index (κ1) is 20.9. The average molecular weight is 399 g/mol. The van der Waals surface area contributed by atoms with Gasteiger partial charge >= 0.3 is 6.09 Å². The first-order valence-electron chi connectivity index (χ1n) is 10.3. The first-order chi connectivity index (χ1) is 14.1. The highest BCUT2D eigenvalue weighted by Crippen LogP contribution is 2.15. The average Bonchev–Trinajstić information content (AvgIpc) is 2.75. The number of carbonyl (C=O) groups is 3. The summed E-state index contributed by atoms with van der Waals surface area (Å²) in [6.07, 6.45) is 7.24. The lowest BCUT2D eigenvalue weighted by Gasteiger charge is -2.30. The Morgan fingerprint density at radius 1 is 1.07 bits per heavy atom. The Labute approximate surface area is 171 Å². The molecule has 1 N–H and O–H groups in total. The van der Waals surface area contributed by atoms with Gasteiger partial charge in [-0.05, 0) is 31.2 Å². The molecule has 1 aromatic rings. The number of cyclic esters (lactones) is 1. The van der Waals surface area contributed by atoms with Crippen molar-refractivity contribution in [3.8, 4) is 0 Å². The first-order valence-corrected chi connectivity index (χ1v) is 10.3. The molecular weight excluding hydrogens is 370 g/mol. The van der Waals surface area contributed by atoms with Gasteiger partial charge in [0.1, 0.15) is 13.2 Å². The molecule has 0 spiro atoms. The lowest BCUT2D eigenvalue weighted by molar-refractivity contribution is -0.132. The van der Waals surface area contributed by atoms with Gasteiger partial charge in [0.05, 0.1) is 6.04 Å². The number of amides is 3. The van der Waals surface area contributed by atoms with Gasteiger partial charge in [0.25, 0.3) is 0 Å². The summed E-state index contributed by atoms with van der Waals surface area (Å²) in [4.78, 5) is 40.8. The van der Waals surface area contributed by atoms with E-state index in [1.807, 2.05) is 47.4 Å². The maximum Gasteiger partial charge on any atom is 0.410 e. The van der Waals surface area contributed by atoms with E-state index >= 15 is 0 Å². The fraction of sp³-hybridized carbons (Fsp3) is 0.500. The maximum absolute atomic E-state index is 12.7. The van der Waals surface area contributed by atoms with E-state index in [-0.39, 0.29) is 31.5 Å². The molecule has 1 aromatic carbocycles. The minimum atomic E-state index is -0.546. The number of rotatable bonds is 3. The Kier molecular flexibility index (Phi) is 7.67. The predicted octanol–water partition coefficient (Wildman–Crippen LogP) is 2.65. The van der Waals surface area contributed by atoms with E-state index in [2.05, 4.69) is 5.32 Å². The van der Waals surface area contributed by atoms with Crippen molar-refractivity contribution in [3.63, 3.8) is 0 Å². The quantitative estimate of drug-likeness (QED) is 0.793. The van der Waals surface area contributed by atoms with Gasteiger partial charge in [0.2, 0.25) is 11.8 Å². The van der Waals surface area contributed by atoms with Crippen LogP contribution in [0.4, 0.5) is 4.79 Å². The molecule has 7 heteroatoms. The number of carbonyl (C=O) groups excluding carboxylic acids is 3. The molecule has 2 aliphatic heterocycles. The van der Waals surface area contributed by atoms with Crippen LogP contribution in [0, 0.1) is 0 Å². The minimum Gasteiger partial charge on any atom is -0.447 e. The number of nitrogens with zero attached hydrogens (tertiary/aromatic N) is 2. The van der Waals surface area contributed by atoms with E-state index in [0.29, 0.717) is 12.8 Å². The minimum absolute atomic E-state index is 0.00549. The second-order valence-corrected chi connectivity index (χ2v) is 7.44. The monoisotopic (exact) mass is 399 g/mol. The van der Waals surface area contributed by atoms with E-state index in [0.717, 1.165) is 37.9 Å². The SMILES string of the molecule is O=C1CCC=CCN(CC(=O)N2CCCCC2)C(=O)OCC(c2ccccc2)N1. The molecule has 1 atom stereocenters. The molecule has 0 saturated carbocycles. The second kappa shape index (κ2) is 10.6. The highest BCUT2D eigenvalue weighted by molar-refractivity contribution is 5.82. The van der Waals surface area contributed by atoms with Gasteiger partial charge in [-0.15, -0.1) is 0 Å². The van der Waals surface area contributed by atoms with Crippen LogP contribution in [0.2, 0.25) is 0 Å². The normalized spacial score (nSPS) is 21.6. The van der Waals surface area contributed by atoms with E-state index in [9.17, 15) is 14.4 Å². The number of benzene rings is 1. The third kappa shape index (κ3) is 6.34. The largest absolute Gasteiger partial charge is 0.447 e. The molecule has 1 fully saturated rings. The summed E-state index contributed by atoms with van der Waals surface area (Å²) in [5.41, 5.74) is 0.872. The summed E-state index contributed by atoms with van der Waals surface area (Å²) >= 11 is 0. The smallest absolute Gasteiger partial charge is 0.410 e. The van der Waals surface area contributed by atoms with Gasteiger partial charge in [-0.1, -0.05) is 42.5 Å². The number of hydrogen-bond acceptors (Lipinski definition) is 4. The summed E-state index contributed by atoms with van der Waals surface area (Å²) < 4.78 is 5.50. The second-order valence-electron chi connectivity index (χ2n) is 7.44. The lowest BCUT2D eigenvalue weighted by Crippen LogP contribution is -2.45. The van der Waals surface area contributed by atoms with Crippen LogP contribution in [0.5, 0.6) is 0 Å². The zero-order chi connectivity index (χ0) is 20.5. The van der Waals surface area contributed by atoms with Crippen molar-refractivity contribution in [3.05, 3.63) is 48.0 Å². The van der Waals surface area contributed by atoms with Crippen molar-refractivity contribution >= 4 is 17.9 Å². The summed E-state index contributed by atoms with van der Waals surface area (Å²) in [6.45, 7) is 1.81. The van der Waals surface area contributed by atoms with E-state index in [1.165, 1.54) is 4.90 Å². The topological polar surface area (TPSA) is 79.0 Å². The van der Waals surface area contributed by atoms with E-state index in [1.54, 1.807) is 0 Å². The molecule has 3 rings (SSSR count). The number of hydrogen-bond donors (Lipinski definition) is 1.